The van der Waals surface area contributed by atoms with Gasteiger partial charge in [-0.1, -0.05) is 0 Å². The molecule has 0 saturated heterocycles. The van der Waals surface area contributed by atoms with Gasteiger partial charge in [0.2, 0.25) is 11.5 Å². The van der Waals surface area contributed by atoms with Gasteiger partial charge in [-0.25, -0.2) is 0 Å². The molecular weight excluding hydrogens is 408 g/mol. The maximum absolute atomic E-state index is 12.6. The Morgan fingerprint density at radius 2 is 1.39 bits per heavy atom. The summed E-state index contributed by atoms with van der Waals surface area (Å²) >= 11 is 0. The lowest BCUT2D eigenvalue weighted by atomic mass is 10.0. The first-order valence-corrected chi connectivity index (χ1v) is 8.87. The van der Waals surface area contributed by atoms with Crippen molar-refractivity contribution in [3.63, 3.8) is 0 Å². The van der Waals surface area contributed by atoms with E-state index in [1.165, 1.54) is 19.2 Å². The van der Waals surface area contributed by atoms with Crippen LogP contribution in [-0.4, -0.2) is 50.8 Å². The number of carbonyl (C=O) groups excluding carboxylic acids is 2. The highest BCUT2D eigenvalue weighted by Crippen LogP contribution is 2.41. The summed E-state index contributed by atoms with van der Waals surface area (Å²) in [6, 6.07) is 10.3. The first-order valence-electron chi connectivity index (χ1n) is 8.87. The lowest BCUT2D eigenvalue weighted by Crippen LogP contribution is -2.12. The lowest BCUT2D eigenvalue weighted by Gasteiger charge is -2.12. The molecule has 0 aromatic heterocycles. The van der Waals surface area contributed by atoms with Crippen LogP contribution in [0.5, 0.6) is 40.2 Å². The number of carbonyl (C=O) groups is 2. The second kappa shape index (κ2) is 8.54. The number of hydrogen-bond acceptors (Lipinski definition) is 9. The lowest BCUT2D eigenvalue weighted by molar-refractivity contribution is 0.0916. The minimum absolute atomic E-state index is 0.232. The molecule has 9 nitrogen and oxygen atoms in total. The Morgan fingerprint density at radius 3 is 1.97 bits per heavy atom. The number of Topliss-reactive ketones (excluding diaryl/α,β-unsaturated/α-hetero) is 1. The van der Waals surface area contributed by atoms with Crippen LogP contribution in [0, 0.1) is 0 Å². The number of hydrogen-bond donors (Lipinski definition) is 5. The molecule has 3 aromatic rings. The molecule has 0 aliphatic heterocycles. The molecule has 5 N–H and O–H groups in total. The fraction of sp³-hybridized carbons (Fsp3) is 0.0909. The van der Waals surface area contributed by atoms with Crippen LogP contribution in [0.15, 0.2) is 48.5 Å². The summed E-state index contributed by atoms with van der Waals surface area (Å²) in [7, 11) is 1.49. The van der Waals surface area contributed by atoms with E-state index in [4.69, 9.17) is 9.47 Å². The third kappa shape index (κ3) is 4.30. The quantitative estimate of drug-likeness (QED) is 0.283. The number of ketones is 2. The highest BCUT2D eigenvalue weighted by molar-refractivity contribution is 6.11. The zero-order valence-corrected chi connectivity index (χ0v) is 16.2. The van der Waals surface area contributed by atoms with Crippen molar-refractivity contribution in [2.24, 2.45) is 0 Å². The van der Waals surface area contributed by atoms with Crippen molar-refractivity contribution in [1.29, 1.82) is 0 Å². The molecule has 31 heavy (non-hydrogen) atoms. The third-order valence-electron chi connectivity index (χ3n) is 4.45. The van der Waals surface area contributed by atoms with Crippen LogP contribution in [0.2, 0.25) is 0 Å². The van der Waals surface area contributed by atoms with E-state index >= 15 is 0 Å². The van der Waals surface area contributed by atoms with Gasteiger partial charge in [0, 0.05) is 11.1 Å². The van der Waals surface area contributed by atoms with E-state index < -0.39 is 52.7 Å². The Labute approximate surface area is 176 Å². The van der Waals surface area contributed by atoms with Crippen molar-refractivity contribution < 1.29 is 44.6 Å². The van der Waals surface area contributed by atoms with Gasteiger partial charge < -0.3 is 35.0 Å². The van der Waals surface area contributed by atoms with Crippen molar-refractivity contribution in [2.75, 3.05) is 13.7 Å². The van der Waals surface area contributed by atoms with E-state index in [-0.39, 0.29) is 11.1 Å². The predicted molar refractivity (Wildman–Crippen MR) is 107 cm³/mol. The average molecular weight is 426 g/mol. The maximum atomic E-state index is 12.6. The van der Waals surface area contributed by atoms with E-state index in [9.17, 15) is 35.1 Å². The molecule has 0 spiro atoms. The van der Waals surface area contributed by atoms with Crippen LogP contribution < -0.4 is 9.47 Å². The van der Waals surface area contributed by atoms with E-state index in [1.54, 1.807) is 12.1 Å². The van der Waals surface area contributed by atoms with Gasteiger partial charge in [0.1, 0.15) is 5.75 Å². The Hall–Kier alpha value is -4.40. The van der Waals surface area contributed by atoms with Crippen LogP contribution in [0.4, 0.5) is 0 Å². The molecule has 0 atom stereocenters. The zero-order chi connectivity index (χ0) is 22.7. The minimum Gasteiger partial charge on any atom is -0.504 e. The summed E-state index contributed by atoms with van der Waals surface area (Å²) in [6.07, 6.45) is 0. The van der Waals surface area contributed by atoms with Gasteiger partial charge in [0.05, 0.1) is 12.7 Å². The minimum atomic E-state index is -0.878. The molecule has 0 fully saturated rings. The van der Waals surface area contributed by atoms with Crippen LogP contribution >= 0.6 is 0 Å². The van der Waals surface area contributed by atoms with E-state index in [2.05, 4.69) is 0 Å². The normalized spacial score (nSPS) is 10.5. The van der Waals surface area contributed by atoms with E-state index in [0.717, 1.165) is 24.3 Å². The Bertz CT molecular complexity index is 1130. The summed E-state index contributed by atoms with van der Waals surface area (Å²) in [6.45, 7) is -0.493. The standard InChI is InChI=1S/C22H18O9/c1-30-13-4-2-11(3-5-13)18(26)10-31-22-16(24)8-12(9-17(22)25)19(27)14-6-7-15(23)21(29)20(14)28/h2-9,23-25,28-29H,10H2,1H3. The SMILES string of the molecule is COc1ccc(C(=O)COc2c(O)cc(C(=O)c3ccc(O)c(O)c3O)cc2O)cc1. The highest BCUT2D eigenvalue weighted by atomic mass is 16.5. The van der Waals surface area contributed by atoms with E-state index in [0.29, 0.717) is 11.3 Å². The molecule has 0 amide bonds. The molecule has 0 aliphatic carbocycles. The van der Waals surface area contributed by atoms with Crippen molar-refractivity contribution >= 4 is 11.6 Å². The van der Waals surface area contributed by atoms with Gasteiger partial charge in [-0.05, 0) is 48.5 Å². The van der Waals surface area contributed by atoms with Crippen molar-refractivity contribution in [3.05, 3.63) is 65.2 Å². The molecule has 0 radical (unpaired) electrons. The number of rotatable bonds is 7. The molecule has 0 heterocycles. The molecule has 160 valence electrons. The van der Waals surface area contributed by atoms with Crippen molar-refractivity contribution in [1.82, 2.24) is 0 Å². The molecule has 9 heteroatoms. The summed E-state index contributed by atoms with van der Waals surface area (Å²) in [5.41, 5.74) is -0.268. The second-order valence-electron chi connectivity index (χ2n) is 6.44. The fourth-order valence-electron chi connectivity index (χ4n) is 2.78. The molecule has 3 rings (SSSR count). The van der Waals surface area contributed by atoms with Gasteiger partial charge in [0.15, 0.2) is 41.2 Å². The predicted octanol–water partition coefficient (Wildman–Crippen LogP) is 2.72. The number of ether oxygens (including phenoxy) is 2. The van der Waals surface area contributed by atoms with Crippen LogP contribution in [-0.2, 0) is 0 Å². The van der Waals surface area contributed by atoms with E-state index in [1.807, 2.05) is 0 Å². The largest absolute Gasteiger partial charge is 0.504 e. The van der Waals surface area contributed by atoms with Gasteiger partial charge >= 0.3 is 0 Å². The van der Waals surface area contributed by atoms with Gasteiger partial charge in [-0.2, -0.15) is 0 Å². The van der Waals surface area contributed by atoms with Crippen molar-refractivity contribution in [3.8, 4) is 40.2 Å². The van der Waals surface area contributed by atoms with Crippen LogP contribution in [0.25, 0.3) is 0 Å². The fourth-order valence-corrected chi connectivity index (χ4v) is 2.78. The summed E-state index contributed by atoms with van der Waals surface area (Å²) < 4.78 is 10.2. The number of methoxy groups -OCH3 is 1. The molecule has 3 aromatic carbocycles. The number of benzene rings is 3. The Morgan fingerprint density at radius 1 is 0.774 bits per heavy atom. The van der Waals surface area contributed by atoms with Crippen molar-refractivity contribution in [2.45, 2.75) is 0 Å². The first-order chi connectivity index (χ1) is 14.7. The Balaban J connectivity index is 1.79. The molecule has 0 saturated carbocycles. The third-order valence-corrected chi connectivity index (χ3v) is 4.45. The van der Waals surface area contributed by atoms with Crippen LogP contribution in [0.3, 0.4) is 0 Å². The summed E-state index contributed by atoms with van der Waals surface area (Å²) in [5, 5.41) is 49.1. The number of phenolic OH excluding ortho intramolecular Hbond substituents is 5. The smallest absolute Gasteiger partial charge is 0.203 e. The summed E-state index contributed by atoms with van der Waals surface area (Å²) in [4.78, 5) is 24.8. The average Bonchev–Trinajstić information content (AvgIpc) is 2.76. The van der Waals surface area contributed by atoms with Gasteiger partial charge in [-0.15, -0.1) is 0 Å². The van der Waals surface area contributed by atoms with Gasteiger partial charge in [-0.3, -0.25) is 9.59 Å². The Kier molecular flexibility index (Phi) is 5.87. The molecular formula is C22H18O9. The highest BCUT2D eigenvalue weighted by Gasteiger charge is 2.22. The first kappa shape index (κ1) is 21.3. The zero-order valence-electron chi connectivity index (χ0n) is 16.2. The van der Waals surface area contributed by atoms with Crippen LogP contribution in [0.1, 0.15) is 26.3 Å². The summed E-state index contributed by atoms with van der Waals surface area (Å²) in [5.74, 6) is -4.69. The second-order valence-corrected chi connectivity index (χ2v) is 6.44. The monoisotopic (exact) mass is 426 g/mol. The number of phenols is 5. The van der Waals surface area contributed by atoms with Gasteiger partial charge in [0.25, 0.3) is 0 Å². The topological polar surface area (TPSA) is 154 Å². The maximum Gasteiger partial charge on any atom is 0.203 e. The number of aromatic hydroxyl groups is 5. The molecule has 0 bridgehead atoms. The molecule has 0 aliphatic rings. The molecule has 0 unspecified atom stereocenters.